The van der Waals surface area contributed by atoms with Crippen LogP contribution in [-0.2, 0) is 30.1 Å². The average molecular weight is 605 g/mol. The van der Waals surface area contributed by atoms with E-state index in [0.29, 0.717) is 12.0 Å². The molecular formula is C31H45N2O8P. The van der Waals surface area contributed by atoms with E-state index in [-0.39, 0.29) is 25.8 Å². The van der Waals surface area contributed by atoms with Crippen molar-refractivity contribution in [2.24, 2.45) is 5.92 Å². The summed E-state index contributed by atoms with van der Waals surface area (Å²) in [6.45, 7) is 5.44. The molecular weight excluding hydrogens is 559 g/mol. The van der Waals surface area contributed by atoms with Crippen LogP contribution < -0.4 is 5.32 Å². The molecule has 42 heavy (non-hydrogen) atoms. The van der Waals surface area contributed by atoms with Crippen molar-refractivity contribution in [3.8, 4) is 11.1 Å². The summed E-state index contributed by atoms with van der Waals surface area (Å²) >= 11 is 0. The number of amides is 1. The number of hydrogen-bond acceptors (Lipinski definition) is 6. The largest absolute Gasteiger partial charge is 0.481 e. The molecule has 10 nitrogen and oxygen atoms in total. The maximum atomic E-state index is 13.5. The number of carbonyl (C=O) groups is 3. The van der Waals surface area contributed by atoms with E-state index in [4.69, 9.17) is 9.84 Å². The number of ether oxygens (including phenoxy) is 1. The molecule has 0 saturated heterocycles. The van der Waals surface area contributed by atoms with Crippen LogP contribution >= 0.6 is 7.60 Å². The van der Waals surface area contributed by atoms with Crippen LogP contribution in [0.25, 0.3) is 11.1 Å². The van der Waals surface area contributed by atoms with E-state index in [0.717, 1.165) is 36.8 Å². The number of carboxylic acids is 1. The van der Waals surface area contributed by atoms with Gasteiger partial charge in [0.25, 0.3) is 0 Å². The van der Waals surface area contributed by atoms with Crippen LogP contribution in [0.2, 0.25) is 0 Å². The maximum Gasteiger partial charge on any atom is 0.339 e. The Hall–Kier alpha value is -3.04. The lowest BCUT2D eigenvalue weighted by molar-refractivity contribution is -0.169. The number of nitrogens with one attached hydrogen (secondary N) is 1. The first-order valence-electron chi connectivity index (χ1n) is 14.5. The second-order valence-electron chi connectivity index (χ2n) is 10.8. The molecule has 0 bridgehead atoms. The van der Waals surface area contributed by atoms with Gasteiger partial charge >= 0.3 is 19.5 Å². The zero-order valence-electron chi connectivity index (χ0n) is 24.8. The van der Waals surface area contributed by atoms with Crippen molar-refractivity contribution in [1.29, 1.82) is 0 Å². The standard InChI is InChI=1S/C31H45N2O8P/c1-4-5-6-7-11-14-29(36)41-31(23(2)3)33(22-42(38,39)40)27(30(37)32-20-19-28(34)35)21-24-15-17-26(18-16-24)25-12-9-8-10-13-25/h8-10,12-13,15-18,23,27,31H,4-7,11,14,19-22H2,1-3H3,(H,32,37)(H,34,35)(H2,38,39,40). The third-order valence-electron chi connectivity index (χ3n) is 6.81. The van der Waals surface area contributed by atoms with Gasteiger partial charge in [0.15, 0.2) is 6.23 Å². The van der Waals surface area contributed by atoms with Gasteiger partial charge in [-0.15, -0.1) is 0 Å². The molecule has 2 aromatic carbocycles. The van der Waals surface area contributed by atoms with Gasteiger partial charge in [-0.25, -0.2) is 4.90 Å². The SMILES string of the molecule is CCCCCCCC(=O)OC(C(C)C)N(CP(=O)(O)O)C(Cc1ccc(-c2ccccc2)cc1)C(=O)NCCC(=O)O. The van der Waals surface area contributed by atoms with E-state index in [2.05, 4.69) is 12.2 Å². The number of hydrogen-bond donors (Lipinski definition) is 4. The van der Waals surface area contributed by atoms with E-state index in [1.165, 1.54) is 4.90 Å². The third kappa shape index (κ3) is 12.9. The fraction of sp³-hybridized carbons (Fsp3) is 0.516. The van der Waals surface area contributed by atoms with Crippen molar-refractivity contribution < 1.29 is 38.6 Å². The molecule has 0 fully saturated rings. The van der Waals surface area contributed by atoms with E-state index in [9.17, 15) is 28.7 Å². The number of benzene rings is 2. The Morgan fingerprint density at radius 2 is 1.52 bits per heavy atom. The second-order valence-corrected chi connectivity index (χ2v) is 12.4. The van der Waals surface area contributed by atoms with Crippen molar-refractivity contribution in [1.82, 2.24) is 10.2 Å². The van der Waals surface area contributed by atoms with Gasteiger partial charge in [0.2, 0.25) is 5.91 Å². The number of carboxylic acid groups (broad SMARTS) is 1. The molecule has 1 amide bonds. The molecule has 0 heterocycles. The van der Waals surface area contributed by atoms with Crippen molar-refractivity contribution in [3.05, 3.63) is 60.2 Å². The summed E-state index contributed by atoms with van der Waals surface area (Å²) in [6.07, 6.45) is 2.63. The molecule has 0 aliphatic carbocycles. The molecule has 0 spiro atoms. The highest BCUT2D eigenvalue weighted by molar-refractivity contribution is 7.51. The van der Waals surface area contributed by atoms with Gasteiger partial charge in [0.1, 0.15) is 6.29 Å². The molecule has 2 aromatic rings. The maximum absolute atomic E-state index is 13.5. The highest BCUT2D eigenvalue weighted by atomic mass is 31.2. The Bertz CT molecular complexity index is 1170. The third-order valence-corrected chi connectivity index (χ3v) is 7.51. The van der Waals surface area contributed by atoms with Gasteiger partial charge in [-0.1, -0.05) is 101 Å². The Labute approximate surface area is 248 Å². The summed E-state index contributed by atoms with van der Waals surface area (Å²) < 4.78 is 18.1. The summed E-state index contributed by atoms with van der Waals surface area (Å²) in [5, 5.41) is 11.6. The van der Waals surface area contributed by atoms with Crippen LogP contribution in [0.15, 0.2) is 54.6 Å². The van der Waals surface area contributed by atoms with Crippen LogP contribution in [0, 0.1) is 5.92 Å². The summed E-state index contributed by atoms with van der Waals surface area (Å²) in [5.41, 5.74) is 2.69. The normalized spacial score (nSPS) is 13.1. The van der Waals surface area contributed by atoms with Crippen LogP contribution in [0.3, 0.4) is 0 Å². The van der Waals surface area contributed by atoms with Crippen molar-refractivity contribution in [2.75, 3.05) is 12.8 Å². The molecule has 0 radical (unpaired) electrons. The second kappa shape index (κ2) is 17.8. The molecule has 0 saturated carbocycles. The van der Waals surface area contributed by atoms with Crippen molar-refractivity contribution in [2.45, 2.75) is 84.4 Å². The quantitative estimate of drug-likeness (QED) is 0.0735. The Morgan fingerprint density at radius 1 is 0.905 bits per heavy atom. The van der Waals surface area contributed by atoms with Gasteiger partial charge < -0.3 is 24.9 Å². The highest BCUT2D eigenvalue weighted by Gasteiger charge is 2.39. The van der Waals surface area contributed by atoms with Gasteiger partial charge in [-0.2, -0.15) is 0 Å². The van der Waals surface area contributed by atoms with Crippen LogP contribution in [0.4, 0.5) is 0 Å². The Morgan fingerprint density at radius 3 is 2.10 bits per heavy atom. The Kier molecular flexibility index (Phi) is 14.9. The van der Waals surface area contributed by atoms with Gasteiger partial charge in [0.05, 0.1) is 12.5 Å². The molecule has 11 heteroatoms. The predicted octanol–water partition coefficient (Wildman–Crippen LogP) is 5.18. The number of carbonyl (C=O) groups excluding carboxylic acids is 2. The van der Waals surface area contributed by atoms with Crippen LogP contribution in [0.1, 0.15) is 71.3 Å². The number of aliphatic carboxylic acids is 1. The molecule has 0 aromatic heterocycles. The summed E-state index contributed by atoms with van der Waals surface area (Å²) in [5.74, 6) is -2.62. The molecule has 2 unspecified atom stereocenters. The van der Waals surface area contributed by atoms with E-state index < -0.39 is 49.9 Å². The van der Waals surface area contributed by atoms with Crippen molar-refractivity contribution >= 4 is 25.4 Å². The first-order chi connectivity index (χ1) is 19.9. The predicted molar refractivity (Wildman–Crippen MR) is 161 cm³/mol. The molecule has 232 valence electrons. The zero-order valence-corrected chi connectivity index (χ0v) is 25.7. The Balaban J connectivity index is 2.37. The first kappa shape index (κ1) is 35.2. The monoisotopic (exact) mass is 604 g/mol. The zero-order chi connectivity index (χ0) is 31.1. The minimum absolute atomic E-state index is 0.0474. The van der Waals surface area contributed by atoms with E-state index >= 15 is 0 Å². The molecule has 2 atom stereocenters. The molecule has 0 aliphatic rings. The van der Waals surface area contributed by atoms with Gasteiger partial charge in [-0.3, -0.25) is 18.9 Å². The number of rotatable bonds is 19. The van der Waals surface area contributed by atoms with Crippen molar-refractivity contribution in [3.63, 3.8) is 0 Å². The van der Waals surface area contributed by atoms with E-state index in [1.54, 1.807) is 13.8 Å². The number of esters is 1. The number of nitrogens with zero attached hydrogens (tertiary/aromatic N) is 1. The molecule has 2 rings (SSSR count). The molecule has 4 N–H and O–H groups in total. The van der Waals surface area contributed by atoms with Crippen LogP contribution in [-0.4, -0.2) is 62.7 Å². The average Bonchev–Trinajstić information content (AvgIpc) is 2.93. The van der Waals surface area contributed by atoms with Gasteiger partial charge in [-0.05, 0) is 29.5 Å². The summed E-state index contributed by atoms with van der Waals surface area (Å²) in [6, 6.07) is 16.0. The lowest BCUT2D eigenvalue weighted by atomic mass is 9.99. The number of unbranched alkanes of at least 4 members (excludes halogenated alkanes) is 4. The summed E-state index contributed by atoms with van der Waals surface area (Å²) in [7, 11) is -4.72. The van der Waals surface area contributed by atoms with Gasteiger partial charge in [0, 0.05) is 18.9 Å². The van der Waals surface area contributed by atoms with Crippen LogP contribution in [0.5, 0.6) is 0 Å². The first-order valence-corrected chi connectivity index (χ1v) is 16.3. The topological polar surface area (TPSA) is 153 Å². The lowest BCUT2D eigenvalue weighted by Gasteiger charge is -2.38. The summed E-state index contributed by atoms with van der Waals surface area (Å²) in [4.78, 5) is 58.6. The van der Waals surface area contributed by atoms with E-state index in [1.807, 2.05) is 54.6 Å². The fourth-order valence-corrected chi connectivity index (χ4v) is 5.46. The highest BCUT2D eigenvalue weighted by Crippen LogP contribution is 2.38. The minimum atomic E-state index is -4.72. The molecule has 0 aliphatic heterocycles. The smallest absolute Gasteiger partial charge is 0.339 e. The fourth-order valence-electron chi connectivity index (χ4n) is 4.68. The lowest BCUT2D eigenvalue weighted by Crippen LogP contribution is -2.55. The minimum Gasteiger partial charge on any atom is -0.481 e.